The number of nitrogens with zero attached hydrogens (tertiary/aromatic N) is 1. The number of ether oxygens (including phenoxy) is 1. The maximum Gasteiger partial charge on any atom is 0.266 e. The van der Waals surface area contributed by atoms with Gasteiger partial charge in [-0.2, -0.15) is 5.26 Å². The summed E-state index contributed by atoms with van der Waals surface area (Å²) in [5.41, 5.74) is 0.630. The number of hydrogen-bond donors (Lipinski definition) is 2. The van der Waals surface area contributed by atoms with E-state index in [1.807, 2.05) is 6.07 Å². The molecule has 0 bridgehead atoms. The Balaban J connectivity index is 2.34. The monoisotopic (exact) mass is 440 g/mol. The van der Waals surface area contributed by atoms with Gasteiger partial charge in [0, 0.05) is 0 Å². The molecule has 2 aromatic carbocycles. The van der Waals surface area contributed by atoms with Crippen LogP contribution in [0, 0.1) is 11.3 Å². The van der Waals surface area contributed by atoms with Crippen LogP contribution >= 0.6 is 39.1 Å². The number of hydrogen-bond acceptors (Lipinski definition) is 4. The molecule has 0 aliphatic carbocycles. The molecule has 0 fully saturated rings. The van der Waals surface area contributed by atoms with Gasteiger partial charge in [-0.15, -0.1) is 0 Å². The third-order valence-corrected chi connectivity index (χ3v) is 4.57. The number of carbonyl (C=O) groups excluding carboxylic acids is 1. The molecule has 0 spiro atoms. The number of carbonyl (C=O) groups is 1. The third kappa shape index (κ3) is 4.45. The summed E-state index contributed by atoms with van der Waals surface area (Å²) in [6.07, 6.45) is 1.36. The third-order valence-electron chi connectivity index (χ3n) is 3.15. The summed E-state index contributed by atoms with van der Waals surface area (Å²) >= 11 is 15.1. The van der Waals surface area contributed by atoms with E-state index in [1.165, 1.54) is 19.3 Å². The van der Waals surface area contributed by atoms with Gasteiger partial charge in [-0.25, -0.2) is 0 Å². The minimum atomic E-state index is -0.644. The van der Waals surface area contributed by atoms with Crippen LogP contribution in [-0.2, 0) is 4.79 Å². The molecule has 0 radical (unpaired) electrons. The van der Waals surface area contributed by atoms with Gasteiger partial charge in [0.05, 0.1) is 27.3 Å². The fraction of sp³-hybridized carbons (Fsp3) is 0.0588. The van der Waals surface area contributed by atoms with Crippen molar-refractivity contribution < 1.29 is 14.6 Å². The second kappa shape index (κ2) is 8.26. The zero-order valence-corrected chi connectivity index (χ0v) is 15.9. The van der Waals surface area contributed by atoms with E-state index in [0.717, 1.165) is 0 Å². The molecule has 0 atom stereocenters. The van der Waals surface area contributed by atoms with Gasteiger partial charge in [-0.1, -0.05) is 29.3 Å². The number of benzene rings is 2. The van der Waals surface area contributed by atoms with E-state index in [0.29, 0.717) is 15.7 Å². The SMILES string of the molecule is COc1cc(/C=C(\C#N)C(=O)Nc2cccc(Cl)c2Cl)cc(Br)c1O. The molecule has 8 heteroatoms. The van der Waals surface area contributed by atoms with E-state index in [2.05, 4.69) is 21.2 Å². The van der Waals surface area contributed by atoms with Crippen molar-refractivity contribution in [1.82, 2.24) is 0 Å². The Bertz CT molecular complexity index is 907. The van der Waals surface area contributed by atoms with E-state index < -0.39 is 5.91 Å². The predicted octanol–water partition coefficient (Wildman–Crippen LogP) is 5.02. The Morgan fingerprint density at radius 2 is 2.12 bits per heavy atom. The lowest BCUT2D eigenvalue weighted by molar-refractivity contribution is -0.112. The average Bonchev–Trinajstić information content (AvgIpc) is 2.59. The van der Waals surface area contributed by atoms with Gasteiger partial charge in [-0.05, 0) is 51.8 Å². The number of anilines is 1. The van der Waals surface area contributed by atoms with Gasteiger partial charge in [-0.3, -0.25) is 4.79 Å². The van der Waals surface area contributed by atoms with Gasteiger partial charge in [0.25, 0.3) is 5.91 Å². The van der Waals surface area contributed by atoms with Crippen LogP contribution in [0.15, 0.2) is 40.4 Å². The zero-order chi connectivity index (χ0) is 18.6. The van der Waals surface area contributed by atoms with E-state index in [4.69, 9.17) is 27.9 Å². The standard InChI is InChI=1S/C17H11BrCl2N2O3/c1-25-14-7-9(6-11(18)16(14)23)5-10(8-21)17(24)22-13-4-2-3-12(19)15(13)20/h2-7,23H,1H3,(H,22,24)/b10-5+. The highest BCUT2D eigenvalue weighted by atomic mass is 79.9. The van der Waals surface area contributed by atoms with Crippen LogP contribution in [-0.4, -0.2) is 18.1 Å². The lowest BCUT2D eigenvalue weighted by Crippen LogP contribution is -2.13. The van der Waals surface area contributed by atoms with Crippen LogP contribution in [0.1, 0.15) is 5.56 Å². The molecule has 2 rings (SSSR count). The van der Waals surface area contributed by atoms with Crippen LogP contribution < -0.4 is 10.1 Å². The maximum absolute atomic E-state index is 12.3. The normalized spacial score (nSPS) is 10.9. The Morgan fingerprint density at radius 1 is 1.40 bits per heavy atom. The highest BCUT2D eigenvalue weighted by molar-refractivity contribution is 9.10. The topological polar surface area (TPSA) is 82.3 Å². The molecule has 25 heavy (non-hydrogen) atoms. The van der Waals surface area contributed by atoms with Crippen molar-refractivity contribution in [3.63, 3.8) is 0 Å². The second-order valence-electron chi connectivity index (χ2n) is 4.78. The van der Waals surface area contributed by atoms with Gasteiger partial charge in [0.15, 0.2) is 11.5 Å². The number of amides is 1. The summed E-state index contributed by atoms with van der Waals surface area (Å²) < 4.78 is 5.41. The number of methoxy groups -OCH3 is 1. The fourth-order valence-corrected chi connectivity index (χ4v) is 2.75. The smallest absolute Gasteiger partial charge is 0.266 e. The predicted molar refractivity (Wildman–Crippen MR) is 101 cm³/mol. The number of nitriles is 1. The van der Waals surface area contributed by atoms with Crippen molar-refractivity contribution >= 4 is 56.8 Å². The van der Waals surface area contributed by atoms with Crippen molar-refractivity contribution in [1.29, 1.82) is 5.26 Å². The second-order valence-corrected chi connectivity index (χ2v) is 6.42. The first kappa shape index (κ1) is 19.1. The van der Waals surface area contributed by atoms with E-state index in [9.17, 15) is 15.2 Å². The van der Waals surface area contributed by atoms with Crippen molar-refractivity contribution in [3.8, 4) is 17.6 Å². The highest BCUT2D eigenvalue weighted by Gasteiger charge is 2.14. The molecule has 0 aromatic heterocycles. The lowest BCUT2D eigenvalue weighted by Gasteiger charge is -2.09. The van der Waals surface area contributed by atoms with Gasteiger partial charge < -0.3 is 15.2 Å². The summed E-state index contributed by atoms with van der Waals surface area (Å²) in [6, 6.07) is 9.66. The number of phenols is 1. The number of rotatable bonds is 4. The average molecular weight is 442 g/mol. The molecule has 0 aliphatic rings. The Hall–Kier alpha value is -2.20. The van der Waals surface area contributed by atoms with Crippen LogP contribution in [0.4, 0.5) is 5.69 Å². The molecule has 0 aliphatic heterocycles. The molecule has 0 heterocycles. The highest BCUT2D eigenvalue weighted by Crippen LogP contribution is 2.36. The van der Waals surface area contributed by atoms with Gasteiger partial charge in [0.2, 0.25) is 0 Å². The quantitative estimate of drug-likeness (QED) is 0.515. The number of halogens is 3. The fourth-order valence-electron chi connectivity index (χ4n) is 1.94. The van der Waals surface area contributed by atoms with Crippen molar-refractivity contribution in [2.24, 2.45) is 0 Å². The minimum Gasteiger partial charge on any atom is -0.503 e. The van der Waals surface area contributed by atoms with Crippen LogP contribution in [0.25, 0.3) is 6.08 Å². The van der Waals surface area contributed by atoms with Gasteiger partial charge in [0.1, 0.15) is 11.6 Å². The van der Waals surface area contributed by atoms with Crippen LogP contribution in [0.3, 0.4) is 0 Å². The summed E-state index contributed by atoms with van der Waals surface area (Å²) in [4.78, 5) is 12.3. The molecule has 0 unspecified atom stereocenters. The molecular weight excluding hydrogens is 431 g/mol. The zero-order valence-electron chi connectivity index (χ0n) is 12.8. The van der Waals surface area contributed by atoms with E-state index in [-0.39, 0.29) is 27.1 Å². The maximum atomic E-state index is 12.3. The first-order valence-electron chi connectivity index (χ1n) is 6.81. The Labute approximate surface area is 162 Å². The summed E-state index contributed by atoms with van der Waals surface area (Å²) in [5, 5.41) is 22.1. The van der Waals surface area contributed by atoms with Crippen LogP contribution in [0.5, 0.6) is 11.5 Å². The van der Waals surface area contributed by atoms with E-state index >= 15 is 0 Å². The summed E-state index contributed by atoms with van der Waals surface area (Å²) in [6.45, 7) is 0. The molecule has 0 saturated carbocycles. The molecule has 2 aromatic rings. The Kier molecular flexibility index (Phi) is 6.32. The van der Waals surface area contributed by atoms with Gasteiger partial charge >= 0.3 is 0 Å². The van der Waals surface area contributed by atoms with Crippen molar-refractivity contribution in [2.75, 3.05) is 12.4 Å². The van der Waals surface area contributed by atoms with E-state index in [1.54, 1.807) is 24.3 Å². The van der Waals surface area contributed by atoms with Crippen LogP contribution in [0.2, 0.25) is 10.0 Å². The molecule has 128 valence electrons. The first-order chi connectivity index (χ1) is 11.9. The lowest BCUT2D eigenvalue weighted by atomic mass is 10.1. The molecule has 0 saturated heterocycles. The number of phenolic OH excluding ortho intramolecular Hbond substituents is 1. The van der Waals surface area contributed by atoms with Crippen molar-refractivity contribution in [2.45, 2.75) is 0 Å². The number of nitrogens with one attached hydrogen (secondary N) is 1. The largest absolute Gasteiger partial charge is 0.503 e. The minimum absolute atomic E-state index is 0.0756. The van der Waals surface area contributed by atoms with Crippen molar-refractivity contribution in [3.05, 3.63) is 56.0 Å². The molecular formula is C17H11BrCl2N2O3. The Morgan fingerprint density at radius 3 is 2.76 bits per heavy atom. The summed E-state index contributed by atoms with van der Waals surface area (Å²) in [7, 11) is 1.40. The number of aromatic hydroxyl groups is 1. The molecule has 5 nitrogen and oxygen atoms in total. The first-order valence-corrected chi connectivity index (χ1v) is 8.36. The molecule has 1 amide bonds. The summed E-state index contributed by atoms with van der Waals surface area (Å²) in [5.74, 6) is -0.514. The molecule has 2 N–H and O–H groups in total.